The lowest BCUT2D eigenvalue weighted by Gasteiger charge is -2.25. The number of hydrogen-bond acceptors (Lipinski definition) is 4. The number of halogens is 2. The SMILES string of the molecule is Cc1ccc(Nc2c(-c3ccc(F)cc3)nc3n2C=CN(C(=O)C(O)c2ccc(Cl)cc2)C3)cc1. The molecule has 2 N–H and O–H groups in total. The predicted molar refractivity (Wildman–Crippen MR) is 134 cm³/mol. The van der Waals surface area contributed by atoms with Crippen molar-refractivity contribution in [2.24, 2.45) is 0 Å². The Balaban J connectivity index is 1.48. The van der Waals surface area contributed by atoms with Crippen LogP contribution in [-0.4, -0.2) is 25.5 Å². The van der Waals surface area contributed by atoms with Gasteiger partial charge in [0, 0.05) is 28.7 Å². The van der Waals surface area contributed by atoms with Crippen molar-refractivity contribution in [2.75, 3.05) is 5.32 Å². The van der Waals surface area contributed by atoms with Gasteiger partial charge in [-0.05, 0) is 61.0 Å². The van der Waals surface area contributed by atoms with Crippen molar-refractivity contribution in [2.45, 2.75) is 19.6 Å². The summed E-state index contributed by atoms with van der Waals surface area (Å²) in [6.45, 7) is 2.17. The molecule has 0 aliphatic carbocycles. The second kappa shape index (κ2) is 9.37. The molecule has 0 saturated heterocycles. The summed E-state index contributed by atoms with van der Waals surface area (Å²) in [6.07, 6.45) is 2.01. The molecule has 0 fully saturated rings. The van der Waals surface area contributed by atoms with Gasteiger partial charge in [0.15, 0.2) is 6.10 Å². The van der Waals surface area contributed by atoms with E-state index in [1.165, 1.54) is 17.0 Å². The molecule has 0 saturated carbocycles. The number of carbonyl (C=O) groups excluding carboxylic acids is 1. The number of aromatic nitrogens is 2. The number of amides is 1. The quantitative estimate of drug-likeness (QED) is 0.367. The Hall–Kier alpha value is -3.94. The first kappa shape index (κ1) is 22.8. The van der Waals surface area contributed by atoms with E-state index in [0.29, 0.717) is 27.9 Å². The molecule has 1 unspecified atom stereocenters. The third-order valence-electron chi connectivity index (χ3n) is 5.83. The molecule has 35 heavy (non-hydrogen) atoms. The van der Waals surface area contributed by atoms with Crippen LogP contribution in [0.25, 0.3) is 17.5 Å². The molecule has 0 bridgehead atoms. The molecule has 6 nitrogen and oxygen atoms in total. The van der Waals surface area contributed by atoms with Gasteiger partial charge in [0.25, 0.3) is 5.91 Å². The van der Waals surface area contributed by atoms with E-state index in [4.69, 9.17) is 16.6 Å². The van der Waals surface area contributed by atoms with Gasteiger partial charge in [-0.1, -0.05) is 41.4 Å². The molecule has 0 spiro atoms. The zero-order chi connectivity index (χ0) is 24.5. The average molecular weight is 489 g/mol. The van der Waals surface area contributed by atoms with E-state index in [1.54, 1.807) is 48.8 Å². The number of aliphatic hydroxyl groups excluding tert-OH is 1. The average Bonchev–Trinajstić information content (AvgIpc) is 3.23. The summed E-state index contributed by atoms with van der Waals surface area (Å²) in [7, 11) is 0. The Morgan fingerprint density at radius 1 is 1.03 bits per heavy atom. The van der Waals surface area contributed by atoms with Gasteiger partial charge in [-0.15, -0.1) is 0 Å². The molecule has 1 amide bonds. The highest BCUT2D eigenvalue weighted by atomic mass is 35.5. The highest BCUT2D eigenvalue weighted by Crippen LogP contribution is 2.34. The number of aliphatic hydroxyl groups is 1. The Kier molecular flexibility index (Phi) is 6.11. The summed E-state index contributed by atoms with van der Waals surface area (Å²) in [5.74, 6) is 0.475. The number of anilines is 2. The molecule has 8 heteroatoms. The highest BCUT2D eigenvalue weighted by Gasteiger charge is 2.28. The third kappa shape index (κ3) is 4.69. The molecule has 176 valence electrons. The van der Waals surface area contributed by atoms with Gasteiger partial charge >= 0.3 is 0 Å². The standard InChI is InChI=1S/C27H22ClFN4O2/c1-17-2-12-22(13-3-17)30-26-24(18-6-10-21(29)11-7-18)31-23-16-32(14-15-33(23)26)27(35)25(34)19-4-8-20(28)9-5-19/h2-15,25,30,34H,16H2,1H3. The Morgan fingerprint density at radius 2 is 1.71 bits per heavy atom. The second-order valence-electron chi connectivity index (χ2n) is 8.31. The number of nitrogens with zero attached hydrogens (tertiary/aromatic N) is 3. The van der Waals surface area contributed by atoms with Crippen molar-refractivity contribution in [1.82, 2.24) is 14.5 Å². The lowest BCUT2D eigenvalue weighted by atomic mass is 10.1. The fraction of sp³-hybridized carbons (Fsp3) is 0.111. The van der Waals surface area contributed by atoms with Crippen molar-refractivity contribution in [3.8, 4) is 11.3 Å². The van der Waals surface area contributed by atoms with E-state index >= 15 is 0 Å². The predicted octanol–water partition coefficient (Wildman–Crippen LogP) is 5.90. The summed E-state index contributed by atoms with van der Waals surface area (Å²) in [5, 5.41) is 14.6. The molecule has 3 aromatic carbocycles. The van der Waals surface area contributed by atoms with E-state index < -0.39 is 12.0 Å². The third-order valence-corrected chi connectivity index (χ3v) is 6.08. The molecule has 1 aliphatic rings. The zero-order valence-corrected chi connectivity index (χ0v) is 19.6. The first-order chi connectivity index (χ1) is 16.9. The number of fused-ring (bicyclic) bond motifs is 1. The maximum absolute atomic E-state index is 13.6. The summed E-state index contributed by atoms with van der Waals surface area (Å²) < 4.78 is 15.4. The Labute approximate surface area is 206 Å². The fourth-order valence-electron chi connectivity index (χ4n) is 3.90. The van der Waals surface area contributed by atoms with Crippen LogP contribution >= 0.6 is 11.6 Å². The molecular formula is C27H22ClFN4O2. The smallest absolute Gasteiger partial charge is 0.260 e. The topological polar surface area (TPSA) is 70.4 Å². The van der Waals surface area contributed by atoms with Gasteiger partial charge in [0.05, 0.1) is 6.54 Å². The number of aryl methyl sites for hydroxylation is 1. The molecule has 2 heterocycles. The molecule has 5 rings (SSSR count). The van der Waals surface area contributed by atoms with E-state index in [-0.39, 0.29) is 12.4 Å². The Morgan fingerprint density at radius 3 is 2.40 bits per heavy atom. The van der Waals surface area contributed by atoms with E-state index in [0.717, 1.165) is 16.8 Å². The zero-order valence-electron chi connectivity index (χ0n) is 18.8. The summed E-state index contributed by atoms with van der Waals surface area (Å²) >= 11 is 5.92. The number of nitrogens with one attached hydrogen (secondary N) is 1. The van der Waals surface area contributed by atoms with Crippen LogP contribution in [0.3, 0.4) is 0 Å². The minimum Gasteiger partial charge on any atom is -0.378 e. The van der Waals surface area contributed by atoms with Crippen LogP contribution in [0, 0.1) is 12.7 Å². The van der Waals surface area contributed by atoms with Crippen LogP contribution in [0.1, 0.15) is 23.1 Å². The number of rotatable bonds is 5. The number of carbonyl (C=O) groups is 1. The van der Waals surface area contributed by atoms with E-state index in [9.17, 15) is 14.3 Å². The maximum Gasteiger partial charge on any atom is 0.260 e. The number of imidazole rings is 1. The monoisotopic (exact) mass is 488 g/mol. The molecular weight excluding hydrogens is 467 g/mol. The van der Waals surface area contributed by atoms with Crippen molar-refractivity contribution in [3.05, 3.63) is 107 Å². The lowest BCUT2D eigenvalue weighted by molar-refractivity contribution is -0.138. The normalized spacial score (nSPS) is 13.4. The van der Waals surface area contributed by atoms with Crippen molar-refractivity contribution in [1.29, 1.82) is 0 Å². The van der Waals surface area contributed by atoms with Crippen LogP contribution in [-0.2, 0) is 11.3 Å². The summed E-state index contributed by atoms with van der Waals surface area (Å²) in [6, 6.07) is 20.5. The van der Waals surface area contributed by atoms with Crippen LogP contribution in [0.15, 0.2) is 79.0 Å². The van der Waals surface area contributed by atoms with Crippen LogP contribution < -0.4 is 5.32 Å². The molecule has 1 aromatic heterocycles. The van der Waals surface area contributed by atoms with Gasteiger partial charge in [-0.2, -0.15) is 0 Å². The van der Waals surface area contributed by atoms with Gasteiger partial charge in [0.2, 0.25) is 0 Å². The van der Waals surface area contributed by atoms with Crippen LogP contribution in [0.2, 0.25) is 5.02 Å². The summed E-state index contributed by atoms with van der Waals surface area (Å²) in [4.78, 5) is 19.2. The van der Waals surface area contributed by atoms with E-state index in [1.807, 2.05) is 35.8 Å². The first-order valence-corrected chi connectivity index (χ1v) is 11.4. The van der Waals surface area contributed by atoms with Crippen molar-refractivity contribution in [3.63, 3.8) is 0 Å². The van der Waals surface area contributed by atoms with Gasteiger partial charge in [0.1, 0.15) is 23.2 Å². The largest absolute Gasteiger partial charge is 0.378 e. The molecule has 4 aromatic rings. The highest BCUT2D eigenvalue weighted by molar-refractivity contribution is 6.30. The minimum atomic E-state index is -1.33. The fourth-order valence-corrected chi connectivity index (χ4v) is 4.03. The number of benzene rings is 3. The minimum absolute atomic E-state index is 0.157. The van der Waals surface area contributed by atoms with Gasteiger partial charge in [-0.3, -0.25) is 9.36 Å². The molecule has 1 aliphatic heterocycles. The molecule has 0 radical (unpaired) electrons. The summed E-state index contributed by atoms with van der Waals surface area (Å²) in [5.41, 5.74) is 3.81. The van der Waals surface area contributed by atoms with Gasteiger partial charge < -0.3 is 15.3 Å². The second-order valence-corrected chi connectivity index (χ2v) is 8.75. The lowest BCUT2D eigenvalue weighted by Crippen LogP contribution is -2.33. The molecule has 1 atom stereocenters. The van der Waals surface area contributed by atoms with Crippen LogP contribution in [0.4, 0.5) is 15.9 Å². The van der Waals surface area contributed by atoms with Crippen LogP contribution in [0.5, 0.6) is 0 Å². The van der Waals surface area contributed by atoms with Gasteiger partial charge in [-0.25, -0.2) is 9.37 Å². The van der Waals surface area contributed by atoms with Crippen molar-refractivity contribution < 1.29 is 14.3 Å². The van der Waals surface area contributed by atoms with Crippen molar-refractivity contribution >= 4 is 35.2 Å². The Bertz CT molecular complexity index is 1400. The maximum atomic E-state index is 13.6. The first-order valence-electron chi connectivity index (χ1n) is 11.0. The number of hydrogen-bond donors (Lipinski definition) is 2. The van der Waals surface area contributed by atoms with E-state index in [2.05, 4.69) is 5.32 Å².